The summed E-state index contributed by atoms with van der Waals surface area (Å²) in [6, 6.07) is 5.27. The Labute approximate surface area is 292 Å². The van der Waals surface area contributed by atoms with Crippen molar-refractivity contribution in [3.63, 3.8) is 0 Å². The summed E-state index contributed by atoms with van der Waals surface area (Å²) in [4.78, 5) is 104. The summed E-state index contributed by atoms with van der Waals surface area (Å²) in [5.41, 5.74) is 15.4. The van der Waals surface area contributed by atoms with Crippen LogP contribution in [0.1, 0.15) is 5.56 Å². The second-order valence-electron chi connectivity index (χ2n) is 11.1. The lowest BCUT2D eigenvalue weighted by molar-refractivity contribution is -0.137. The van der Waals surface area contributed by atoms with Gasteiger partial charge in [0.25, 0.3) is 5.56 Å². The number of rotatable bonds is 16. The fourth-order valence-electron chi connectivity index (χ4n) is 4.66. The number of H-pyrrole nitrogens is 1. The number of benzene rings is 1. The predicted octanol–water partition coefficient (Wildman–Crippen LogP) is -3.96. The molecule has 3 aromatic heterocycles. The standard InChI is InChI=1S/C30H35N13O9/c31-20-5-8-42(30(52)37-20)14-24(49)41(10-6-34-22(47)4-2-17-1-3-18(44)19(45)11-17)13-23(48)35-7-9-40(12-21(32)46)25(50)15-43-16-36-26-27(43)38-29(33)39-28(26)51/h1-5,8,11,16,44-45H,6-7,9-10,12-15H2,(H2,32,46)(H,34,47)(H,35,48)(H2,31,37,52)(H3,33,38,39,51)/b4-2+. The van der Waals surface area contributed by atoms with Gasteiger partial charge < -0.3 is 52.4 Å². The molecule has 0 radical (unpaired) electrons. The van der Waals surface area contributed by atoms with E-state index in [-0.39, 0.29) is 60.6 Å². The second-order valence-corrected chi connectivity index (χ2v) is 11.1. The van der Waals surface area contributed by atoms with Crippen LogP contribution < -0.4 is 39.1 Å². The van der Waals surface area contributed by atoms with Crippen LogP contribution in [0.4, 0.5) is 11.8 Å². The molecule has 4 rings (SSSR count). The zero-order chi connectivity index (χ0) is 37.9. The van der Waals surface area contributed by atoms with Crippen LogP contribution in [-0.4, -0.2) is 118 Å². The molecule has 0 unspecified atom stereocenters. The number of nitrogens with two attached hydrogens (primary N) is 3. The lowest BCUT2D eigenvalue weighted by Crippen LogP contribution is -2.48. The van der Waals surface area contributed by atoms with Crippen LogP contribution in [0.5, 0.6) is 11.5 Å². The number of nitrogens with zero attached hydrogens (tertiary/aromatic N) is 7. The number of amides is 5. The summed E-state index contributed by atoms with van der Waals surface area (Å²) in [5.74, 6) is -4.34. The molecule has 0 bridgehead atoms. The van der Waals surface area contributed by atoms with E-state index in [2.05, 4.69) is 30.6 Å². The van der Waals surface area contributed by atoms with Gasteiger partial charge in [-0.1, -0.05) is 6.07 Å². The minimum absolute atomic E-state index is 0.0357. The maximum atomic E-state index is 13.2. The Balaban J connectivity index is 1.37. The average molecular weight is 722 g/mol. The number of phenolic OH excluding ortho intramolecular Hbond substituents is 2. The number of hydrogen-bond acceptors (Lipinski definition) is 14. The summed E-state index contributed by atoms with van der Waals surface area (Å²) in [7, 11) is 0. The second kappa shape index (κ2) is 16.9. The molecule has 4 aromatic rings. The first-order valence-corrected chi connectivity index (χ1v) is 15.3. The van der Waals surface area contributed by atoms with Gasteiger partial charge in [-0.05, 0) is 29.8 Å². The molecule has 22 nitrogen and oxygen atoms in total. The molecule has 3 heterocycles. The predicted molar refractivity (Wildman–Crippen MR) is 183 cm³/mol. The van der Waals surface area contributed by atoms with E-state index < -0.39 is 67.0 Å². The van der Waals surface area contributed by atoms with E-state index in [0.29, 0.717) is 5.56 Å². The van der Waals surface area contributed by atoms with Gasteiger partial charge in [0.05, 0.1) is 19.4 Å². The normalized spacial score (nSPS) is 11.0. The quantitative estimate of drug-likeness (QED) is 0.0404. The molecular formula is C30H35N13O9. The van der Waals surface area contributed by atoms with Crippen LogP contribution in [0.15, 0.2) is 52.5 Å². The van der Waals surface area contributed by atoms with Gasteiger partial charge in [-0.3, -0.25) is 38.3 Å². The highest BCUT2D eigenvalue weighted by atomic mass is 16.3. The first-order valence-electron chi connectivity index (χ1n) is 15.3. The highest BCUT2D eigenvalue weighted by Gasteiger charge is 2.21. The third kappa shape index (κ3) is 10.4. The minimum Gasteiger partial charge on any atom is -0.504 e. The number of aromatic amines is 1. The average Bonchev–Trinajstić information content (AvgIpc) is 3.47. The Morgan fingerprint density at radius 2 is 1.56 bits per heavy atom. The molecular weight excluding hydrogens is 686 g/mol. The summed E-state index contributed by atoms with van der Waals surface area (Å²) in [5, 5.41) is 24.2. The highest BCUT2D eigenvalue weighted by Crippen LogP contribution is 2.25. The summed E-state index contributed by atoms with van der Waals surface area (Å²) < 4.78 is 2.24. The molecule has 1 aromatic carbocycles. The van der Waals surface area contributed by atoms with Crippen molar-refractivity contribution in [3.05, 3.63) is 69.3 Å². The molecule has 0 aliphatic rings. The number of hydrogen-bond donors (Lipinski definition) is 8. The number of anilines is 2. The molecule has 5 amide bonds. The topological polar surface area (TPSA) is 333 Å². The van der Waals surface area contributed by atoms with Gasteiger partial charge in [-0.15, -0.1) is 0 Å². The van der Waals surface area contributed by atoms with E-state index in [9.17, 15) is 43.8 Å². The lowest BCUT2D eigenvalue weighted by atomic mass is 10.2. The molecule has 0 saturated heterocycles. The van der Waals surface area contributed by atoms with E-state index in [1.165, 1.54) is 47.4 Å². The van der Waals surface area contributed by atoms with Crippen molar-refractivity contribution in [2.45, 2.75) is 13.1 Å². The van der Waals surface area contributed by atoms with Crippen molar-refractivity contribution in [2.75, 3.05) is 50.7 Å². The van der Waals surface area contributed by atoms with E-state index in [1.807, 2.05) is 0 Å². The summed E-state index contributed by atoms with van der Waals surface area (Å²) >= 11 is 0. The number of aromatic hydroxyl groups is 2. The van der Waals surface area contributed by atoms with E-state index in [0.717, 1.165) is 20.4 Å². The third-order valence-electron chi connectivity index (χ3n) is 7.20. The Morgan fingerprint density at radius 1 is 0.885 bits per heavy atom. The number of imidazole rings is 1. The van der Waals surface area contributed by atoms with Crippen LogP contribution in [0.2, 0.25) is 0 Å². The van der Waals surface area contributed by atoms with Crippen LogP contribution in [-0.2, 0) is 37.1 Å². The third-order valence-corrected chi connectivity index (χ3v) is 7.20. The van der Waals surface area contributed by atoms with Gasteiger partial charge in [0.2, 0.25) is 35.5 Å². The smallest absolute Gasteiger partial charge is 0.349 e. The van der Waals surface area contributed by atoms with Gasteiger partial charge in [-0.25, -0.2) is 9.78 Å². The van der Waals surface area contributed by atoms with Crippen LogP contribution in [0, 0.1) is 0 Å². The number of nitrogens with one attached hydrogen (secondary N) is 3. The molecule has 0 fully saturated rings. The Hall–Kier alpha value is -7.26. The van der Waals surface area contributed by atoms with Crippen molar-refractivity contribution >= 4 is 58.5 Å². The molecule has 0 spiro atoms. The monoisotopic (exact) mass is 721 g/mol. The summed E-state index contributed by atoms with van der Waals surface area (Å²) in [6.07, 6.45) is 5.00. The number of phenols is 2. The molecule has 0 aliphatic heterocycles. The molecule has 0 atom stereocenters. The van der Waals surface area contributed by atoms with Crippen molar-refractivity contribution in [1.82, 2.24) is 49.5 Å². The molecule has 11 N–H and O–H groups in total. The van der Waals surface area contributed by atoms with Crippen LogP contribution >= 0.6 is 0 Å². The van der Waals surface area contributed by atoms with Crippen molar-refractivity contribution in [2.24, 2.45) is 5.73 Å². The molecule has 52 heavy (non-hydrogen) atoms. The number of primary amides is 1. The fraction of sp³-hybridized carbons (Fsp3) is 0.267. The van der Waals surface area contributed by atoms with Crippen LogP contribution in [0.25, 0.3) is 17.2 Å². The van der Waals surface area contributed by atoms with Crippen molar-refractivity contribution in [1.29, 1.82) is 0 Å². The SMILES string of the molecule is NC(=O)CN(CCNC(=O)CN(CCNC(=O)/C=C/c1ccc(O)c(O)c1)C(=O)Cn1ccc(N)nc1=O)C(=O)Cn1cnc2c(=O)[nH]c(N)nc21. The maximum absolute atomic E-state index is 13.2. The number of aromatic nitrogens is 6. The molecule has 22 heteroatoms. The number of nitrogen functional groups attached to an aromatic ring is 2. The first kappa shape index (κ1) is 37.6. The van der Waals surface area contributed by atoms with Crippen molar-refractivity contribution in [3.8, 4) is 11.5 Å². The van der Waals surface area contributed by atoms with Gasteiger partial charge in [0.15, 0.2) is 22.7 Å². The lowest BCUT2D eigenvalue weighted by Gasteiger charge is -2.24. The largest absolute Gasteiger partial charge is 0.504 e. The van der Waals surface area contributed by atoms with Gasteiger partial charge in [0, 0.05) is 38.5 Å². The Bertz CT molecular complexity index is 2140. The highest BCUT2D eigenvalue weighted by molar-refractivity contribution is 5.92. The van der Waals surface area contributed by atoms with Gasteiger partial charge >= 0.3 is 5.69 Å². The Morgan fingerprint density at radius 3 is 2.23 bits per heavy atom. The minimum atomic E-state index is -0.837. The zero-order valence-corrected chi connectivity index (χ0v) is 27.4. The maximum Gasteiger partial charge on any atom is 0.349 e. The van der Waals surface area contributed by atoms with Crippen molar-refractivity contribution < 1.29 is 34.2 Å². The summed E-state index contributed by atoms with van der Waals surface area (Å²) in [6.45, 7) is -2.58. The van der Waals surface area contributed by atoms with Gasteiger partial charge in [-0.2, -0.15) is 9.97 Å². The fourth-order valence-corrected chi connectivity index (χ4v) is 4.66. The van der Waals surface area contributed by atoms with E-state index in [1.54, 1.807) is 0 Å². The van der Waals surface area contributed by atoms with Crippen LogP contribution in [0.3, 0.4) is 0 Å². The number of carbonyl (C=O) groups excluding carboxylic acids is 5. The van der Waals surface area contributed by atoms with Gasteiger partial charge in [0.1, 0.15) is 18.9 Å². The number of carbonyl (C=O) groups is 5. The number of fused-ring (bicyclic) bond motifs is 1. The Kier molecular flexibility index (Phi) is 12.2. The van der Waals surface area contributed by atoms with E-state index >= 15 is 0 Å². The molecule has 0 saturated carbocycles. The first-order chi connectivity index (χ1) is 24.7. The zero-order valence-electron chi connectivity index (χ0n) is 27.4. The van der Waals surface area contributed by atoms with E-state index in [4.69, 9.17) is 17.2 Å². The molecule has 0 aliphatic carbocycles. The molecule has 274 valence electrons.